The fraction of sp³-hybridized carbons (Fsp3) is 0. The molecule has 0 fully saturated rings. The summed E-state index contributed by atoms with van der Waals surface area (Å²) in [4.78, 5) is 12.2. The van der Waals surface area contributed by atoms with Gasteiger partial charge in [0.25, 0.3) is 0 Å². The number of halogens is 3. The topological polar surface area (TPSA) is 90.7 Å². The maximum atomic E-state index is 6.23. The standard InChI is InChI=1S/C13H8Cl3N5/c14-7-1-2-8(15)10(16)9(7)6-3-5-4-19-13(18)21-12(5)20-11(6)17/h1-4H,(H4,17,18,19,20,21). The first-order valence-electron chi connectivity index (χ1n) is 5.80. The van der Waals surface area contributed by atoms with Crippen LogP contribution in [0.4, 0.5) is 11.8 Å². The molecule has 0 radical (unpaired) electrons. The zero-order valence-electron chi connectivity index (χ0n) is 10.4. The number of anilines is 2. The summed E-state index contributed by atoms with van der Waals surface area (Å²) < 4.78 is 0. The Kier molecular flexibility index (Phi) is 3.49. The van der Waals surface area contributed by atoms with E-state index in [4.69, 9.17) is 46.3 Å². The number of hydrogen-bond acceptors (Lipinski definition) is 5. The van der Waals surface area contributed by atoms with Crippen LogP contribution in [-0.2, 0) is 0 Å². The average molecular weight is 341 g/mol. The van der Waals surface area contributed by atoms with Crippen molar-refractivity contribution < 1.29 is 0 Å². The summed E-state index contributed by atoms with van der Waals surface area (Å²) in [7, 11) is 0. The molecule has 0 amide bonds. The minimum absolute atomic E-state index is 0.126. The smallest absolute Gasteiger partial charge is 0.222 e. The Labute approximate surface area is 134 Å². The van der Waals surface area contributed by atoms with Crippen molar-refractivity contribution in [2.24, 2.45) is 0 Å². The molecule has 8 heteroatoms. The van der Waals surface area contributed by atoms with Gasteiger partial charge in [0.05, 0.1) is 15.1 Å². The van der Waals surface area contributed by atoms with Crippen LogP contribution >= 0.6 is 34.8 Å². The number of hydrogen-bond donors (Lipinski definition) is 2. The third-order valence-corrected chi connectivity index (χ3v) is 4.05. The molecule has 1 aromatic carbocycles. The van der Waals surface area contributed by atoms with Crippen LogP contribution < -0.4 is 11.5 Å². The van der Waals surface area contributed by atoms with Crippen LogP contribution in [0.1, 0.15) is 0 Å². The van der Waals surface area contributed by atoms with Crippen molar-refractivity contribution in [3.05, 3.63) is 39.5 Å². The number of benzene rings is 1. The lowest BCUT2D eigenvalue weighted by Crippen LogP contribution is -2.00. The second-order valence-corrected chi connectivity index (χ2v) is 5.47. The Morgan fingerprint density at radius 1 is 0.952 bits per heavy atom. The first kappa shape index (κ1) is 14.1. The Hall–Kier alpha value is -1.82. The minimum atomic E-state index is 0.126. The molecule has 21 heavy (non-hydrogen) atoms. The van der Waals surface area contributed by atoms with Crippen LogP contribution in [-0.4, -0.2) is 15.0 Å². The van der Waals surface area contributed by atoms with Gasteiger partial charge in [-0.2, -0.15) is 4.98 Å². The van der Waals surface area contributed by atoms with Crippen molar-refractivity contribution >= 4 is 57.6 Å². The monoisotopic (exact) mass is 339 g/mol. The van der Waals surface area contributed by atoms with Gasteiger partial charge in [-0.05, 0) is 18.2 Å². The van der Waals surface area contributed by atoms with E-state index in [9.17, 15) is 0 Å². The highest BCUT2D eigenvalue weighted by atomic mass is 35.5. The second-order valence-electron chi connectivity index (χ2n) is 4.28. The second kappa shape index (κ2) is 5.18. The molecule has 0 bridgehead atoms. The molecular weight excluding hydrogens is 333 g/mol. The normalized spacial score (nSPS) is 11.0. The van der Waals surface area contributed by atoms with E-state index < -0.39 is 0 Å². The molecule has 0 aliphatic carbocycles. The summed E-state index contributed by atoms with van der Waals surface area (Å²) in [6.07, 6.45) is 1.56. The zero-order valence-corrected chi connectivity index (χ0v) is 12.7. The van der Waals surface area contributed by atoms with E-state index in [1.807, 2.05) is 0 Å². The molecule has 0 aliphatic heterocycles. The summed E-state index contributed by atoms with van der Waals surface area (Å²) in [5.74, 6) is 0.354. The van der Waals surface area contributed by atoms with Crippen LogP contribution in [0.2, 0.25) is 15.1 Å². The van der Waals surface area contributed by atoms with Crippen molar-refractivity contribution in [1.29, 1.82) is 0 Å². The number of rotatable bonds is 1. The molecule has 0 atom stereocenters. The van der Waals surface area contributed by atoms with Crippen molar-refractivity contribution in [1.82, 2.24) is 15.0 Å². The molecule has 3 rings (SSSR count). The Morgan fingerprint density at radius 3 is 2.43 bits per heavy atom. The SMILES string of the molecule is Nc1ncc2cc(-c3c(Cl)ccc(Cl)c3Cl)c(N)nc2n1. The molecule has 0 saturated heterocycles. The van der Waals surface area contributed by atoms with Gasteiger partial charge in [-0.15, -0.1) is 0 Å². The van der Waals surface area contributed by atoms with E-state index in [0.717, 1.165) is 0 Å². The van der Waals surface area contributed by atoms with Gasteiger partial charge in [-0.25, -0.2) is 9.97 Å². The van der Waals surface area contributed by atoms with Crippen molar-refractivity contribution in [2.75, 3.05) is 11.5 Å². The highest BCUT2D eigenvalue weighted by Crippen LogP contribution is 2.41. The van der Waals surface area contributed by atoms with Crippen LogP contribution in [0.15, 0.2) is 24.4 Å². The number of fused-ring (bicyclic) bond motifs is 1. The third kappa shape index (κ3) is 2.44. The number of nitrogens with zero attached hydrogens (tertiary/aromatic N) is 3. The molecule has 3 aromatic rings. The largest absolute Gasteiger partial charge is 0.383 e. The van der Waals surface area contributed by atoms with Crippen LogP contribution in [0, 0.1) is 0 Å². The lowest BCUT2D eigenvalue weighted by atomic mass is 10.1. The van der Waals surface area contributed by atoms with E-state index in [2.05, 4.69) is 15.0 Å². The molecule has 0 saturated carbocycles. The first-order valence-corrected chi connectivity index (χ1v) is 6.93. The predicted molar refractivity (Wildman–Crippen MR) is 86.6 cm³/mol. The number of nitrogens with two attached hydrogens (primary N) is 2. The van der Waals surface area contributed by atoms with E-state index in [1.54, 1.807) is 24.4 Å². The van der Waals surface area contributed by atoms with Crippen LogP contribution in [0.3, 0.4) is 0 Å². The predicted octanol–water partition coefficient (Wildman–Crippen LogP) is 3.82. The molecular formula is C13H8Cl3N5. The van der Waals surface area contributed by atoms with Crippen molar-refractivity contribution in [2.45, 2.75) is 0 Å². The molecule has 0 unspecified atom stereocenters. The lowest BCUT2D eigenvalue weighted by molar-refractivity contribution is 1.20. The highest BCUT2D eigenvalue weighted by Gasteiger charge is 2.16. The molecule has 0 aliphatic rings. The fourth-order valence-corrected chi connectivity index (χ4v) is 2.70. The Morgan fingerprint density at radius 2 is 1.67 bits per heavy atom. The van der Waals surface area contributed by atoms with Crippen molar-refractivity contribution in [3.8, 4) is 11.1 Å². The summed E-state index contributed by atoms with van der Waals surface area (Å²) in [6, 6.07) is 5.01. The van der Waals surface area contributed by atoms with E-state index in [0.29, 0.717) is 37.2 Å². The van der Waals surface area contributed by atoms with Gasteiger partial charge in [0.1, 0.15) is 5.82 Å². The Bertz CT molecular complexity index is 866. The van der Waals surface area contributed by atoms with Gasteiger partial charge in [0.15, 0.2) is 5.65 Å². The highest BCUT2D eigenvalue weighted by molar-refractivity contribution is 6.46. The summed E-state index contributed by atoms with van der Waals surface area (Å²) in [5, 5.41) is 1.78. The summed E-state index contributed by atoms with van der Waals surface area (Å²) >= 11 is 18.5. The van der Waals surface area contributed by atoms with Crippen LogP contribution in [0.5, 0.6) is 0 Å². The number of aromatic nitrogens is 3. The van der Waals surface area contributed by atoms with Gasteiger partial charge in [0, 0.05) is 22.7 Å². The molecule has 2 heterocycles. The van der Waals surface area contributed by atoms with Crippen molar-refractivity contribution in [3.63, 3.8) is 0 Å². The molecule has 106 valence electrons. The van der Waals surface area contributed by atoms with E-state index >= 15 is 0 Å². The van der Waals surface area contributed by atoms with Gasteiger partial charge < -0.3 is 11.5 Å². The summed E-state index contributed by atoms with van der Waals surface area (Å²) in [5.41, 5.74) is 13.0. The zero-order chi connectivity index (χ0) is 15.1. The first-order chi connectivity index (χ1) is 9.97. The number of pyridine rings is 1. The minimum Gasteiger partial charge on any atom is -0.383 e. The maximum Gasteiger partial charge on any atom is 0.222 e. The lowest BCUT2D eigenvalue weighted by Gasteiger charge is -2.11. The van der Waals surface area contributed by atoms with Gasteiger partial charge in [0.2, 0.25) is 5.95 Å². The fourth-order valence-electron chi connectivity index (χ4n) is 1.96. The molecule has 4 N–H and O–H groups in total. The Balaban J connectivity index is 2.33. The van der Waals surface area contributed by atoms with E-state index in [-0.39, 0.29) is 11.8 Å². The number of nitrogen functional groups attached to an aromatic ring is 2. The van der Waals surface area contributed by atoms with Gasteiger partial charge in [-0.1, -0.05) is 34.8 Å². The molecule has 5 nitrogen and oxygen atoms in total. The van der Waals surface area contributed by atoms with E-state index in [1.165, 1.54) is 0 Å². The maximum absolute atomic E-state index is 6.23. The molecule has 0 spiro atoms. The van der Waals surface area contributed by atoms with Crippen LogP contribution in [0.25, 0.3) is 22.2 Å². The van der Waals surface area contributed by atoms with Gasteiger partial charge in [-0.3, -0.25) is 0 Å². The van der Waals surface area contributed by atoms with Gasteiger partial charge >= 0.3 is 0 Å². The summed E-state index contributed by atoms with van der Waals surface area (Å²) in [6.45, 7) is 0. The quantitative estimate of drug-likeness (QED) is 0.657. The average Bonchev–Trinajstić information content (AvgIpc) is 2.44. The molecule has 2 aromatic heterocycles. The third-order valence-electron chi connectivity index (χ3n) is 2.93.